The van der Waals surface area contributed by atoms with Crippen LogP contribution in [0.1, 0.15) is 67.7 Å². The van der Waals surface area contributed by atoms with Crippen molar-refractivity contribution in [3.63, 3.8) is 0 Å². The minimum Gasteiger partial charge on any atom is -0.400 e. The van der Waals surface area contributed by atoms with Crippen LogP contribution in [0, 0.1) is 5.92 Å². The average molecular weight is 310 g/mol. The van der Waals surface area contributed by atoms with Crippen LogP contribution in [0.3, 0.4) is 0 Å². The van der Waals surface area contributed by atoms with Crippen molar-refractivity contribution in [1.29, 1.82) is 0 Å². The molecule has 0 aromatic carbocycles. The lowest BCUT2D eigenvalue weighted by Crippen LogP contribution is -2.41. The number of aliphatic hydroxyl groups is 1. The summed E-state index contributed by atoms with van der Waals surface area (Å²) in [6.07, 6.45) is 4.03. The van der Waals surface area contributed by atoms with E-state index in [2.05, 4.69) is 33.8 Å². The molecule has 1 saturated heterocycles. The predicted octanol–water partition coefficient (Wildman–Crippen LogP) is 3.48. The minimum absolute atomic E-state index is 0.144. The first-order valence-electron chi connectivity index (χ1n) is 8.32. The van der Waals surface area contributed by atoms with Gasteiger partial charge in [-0.3, -0.25) is 0 Å². The molecule has 0 radical (unpaired) electrons. The number of allylic oxidation sites excluding steroid dienone is 2. The molecule has 5 heteroatoms. The number of hydrogen-bond acceptors (Lipinski definition) is 4. The maximum absolute atomic E-state index is 10.2. The van der Waals surface area contributed by atoms with Gasteiger partial charge in [0, 0.05) is 5.92 Å². The van der Waals surface area contributed by atoms with Crippen LogP contribution in [-0.4, -0.2) is 35.3 Å². The van der Waals surface area contributed by atoms with Crippen molar-refractivity contribution in [3.8, 4) is 0 Å². The van der Waals surface area contributed by atoms with Crippen molar-refractivity contribution >= 4 is 7.12 Å². The fourth-order valence-electron chi connectivity index (χ4n) is 2.80. The van der Waals surface area contributed by atoms with Crippen LogP contribution in [-0.2, 0) is 14.0 Å². The molecule has 1 N–H and O–H groups in total. The first-order chi connectivity index (χ1) is 9.91. The van der Waals surface area contributed by atoms with Gasteiger partial charge in [-0.1, -0.05) is 6.08 Å². The van der Waals surface area contributed by atoms with Crippen LogP contribution < -0.4 is 0 Å². The van der Waals surface area contributed by atoms with Crippen LogP contribution in [0.25, 0.3) is 0 Å². The summed E-state index contributed by atoms with van der Waals surface area (Å²) in [6, 6.07) is 0. The Morgan fingerprint density at radius 1 is 1.23 bits per heavy atom. The highest BCUT2D eigenvalue weighted by Crippen LogP contribution is 2.41. The Balaban J connectivity index is 1.95. The largest absolute Gasteiger partial charge is 0.490 e. The van der Waals surface area contributed by atoms with Crippen molar-refractivity contribution in [3.05, 3.63) is 11.5 Å². The summed E-state index contributed by atoms with van der Waals surface area (Å²) >= 11 is 0. The van der Waals surface area contributed by atoms with E-state index in [9.17, 15) is 5.11 Å². The molecular weight excluding hydrogens is 279 g/mol. The zero-order valence-corrected chi connectivity index (χ0v) is 15.1. The monoisotopic (exact) mass is 310 g/mol. The summed E-state index contributed by atoms with van der Waals surface area (Å²) in [5.74, 6) is 0.144. The van der Waals surface area contributed by atoms with Crippen LogP contribution in [0.5, 0.6) is 0 Å². The van der Waals surface area contributed by atoms with Gasteiger partial charge in [0.05, 0.1) is 16.8 Å². The van der Waals surface area contributed by atoms with Crippen LogP contribution in [0.4, 0.5) is 0 Å². The van der Waals surface area contributed by atoms with Crippen molar-refractivity contribution in [2.75, 3.05) is 0 Å². The molecule has 2 unspecified atom stereocenters. The SMILES string of the molecule is CC(C)(C)OC(O)C1CC=C(B2OC(C)(C)C(C)(C)O2)CC1. The molecule has 2 aliphatic rings. The van der Waals surface area contributed by atoms with Crippen LogP contribution in [0.15, 0.2) is 11.5 Å². The molecule has 0 aromatic heterocycles. The molecule has 0 saturated carbocycles. The van der Waals surface area contributed by atoms with E-state index in [1.807, 2.05) is 20.8 Å². The highest BCUT2D eigenvalue weighted by atomic mass is 16.7. The van der Waals surface area contributed by atoms with E-state index >= 15 is 0 Å². The van der Waals surface area contributed by atoms with Crippen molar-refractivity contribution in [2.45, 2.75) is 90.8 Å². The van der Waals surface area contributed by atoms with Gasteiger partial charge in [-0.25, -0.2) is 0 Å². The Bertz CT molecular complexity index is 420. The van der Waals surface area contributed by atoms with Gasteiger partial charge in [0.15, 0.2) is 6.29 Å². The molecule has 126 valence electrons. The number of ether oxygens (including phenoxy) is 1. The van der Waals surface area contributed by atoms with Crippen molar-refractivity contribution in [1.82, 2.24) is 0 Å². The number of rotatable bonds is 3. The fraction of sp³-hybridized carbons (Fsp3) is 0.882. The van der Waals surface area contributed by atoms with Gasteiger partial charge in [-0.15, -0.1) is 0 Å². The quantitative estimate of drug-likeness (QED) is 0.640. The van der Waals surface area contributed by atoms with Crippen LogP contribution in [0.2, 0.25) is 0 Å². The zero-order chi connectivity index (χ0) is 16.8. The van der Waals surface area contributed by atoms with E-state index in [1.165, 1.54) is 5.47 Å². The molecule has 2 atom stereocenters. The Morgan fingerprint density at radius 3 is 2.18 bits per heavy atom. The first-order valence-corrected chi connectivity index (χ1v) is 8.32. The molecule has 1 heterocycles. The van der Waals surface area contributed by atoms with Crippen molar-refractivity contribution < 1.29 is 19.2 Å². The van der Waals surface area contributed by atoms with E-state index in [4.69, 9.17) is 14.0 Å². The Hall–Kier alpha value is -0.355. The average Bonchev–Trinajstić information content (AvgIpc) is 2.56. The van der Waals surface area contributed by atoms with Gasteiger partial charge >= 0.3 is 7.12 Å². The highest BCUT2D eigenvalue weighted by Gasteiger charge is 2.52. The Labute approximate surface area is 135 Å². The van der Waals surface area contributed by atoms with Gasteiger partial charge < -0.3 is 19.2 Å². The minimum atomic E-state index is -0.712. The van der Waals surface area contributed by atoms with E-state index in [0.717, 1.165) is 19.3 Å². The number of aliphatic hydroxyl groups excluding tert-OH is 1. The second-order valence-electron chi connectivity index (χ2n) is 8.52. The van der Waals surface area contributed by atoms with Gasteiger partial charge in [-0.2, -0.15) is 0 Å². The molecule has 1 aliphatic carbocycles. The lowest BCUT2D eigenvalue weighted by molar-refractivity contribution is -0.192. The maximum atomic E-state index is 10.2. The second kappa shape index (κ2) is 5.93. The molecular formula is C17H31BO4. The molecule has 1 aliphatic heterocycles. The first kappa shape index (κ1) is 18.0. The van der Waals surface area contributed by atoms with Crippen LogP contribution >= 0.6 is 0 Å². The fourth-order valence-corrected chi connectivity index (χ4v) is 2.80. The third-order valence-corrected chi connectivity index (χ3v) is 4.92. The molecule has 0 bridgehead atoms. The van der Waals surface area contributed by atoms with E-state index in [1.54, 1.807) is 0 Å². The molecule has 22 heavy (non-hydrogen) atoms. The summed E-state index contributed by atoms with van der Waals surface area (Å²) < 4.78 is 17.9. The smallest absolute Gasteiger partial charge is 0.400 e. The highest BCUT2D eigenvalue weighted by molar-refractivity contribution is 6.54. The summed E-state index contributed by atoms with van der Waals surface area (Å²) in [6.45, 7) is 14.2. The lowest BCUT2D eigenvalue weighted by Gasteiger charge is -2.32. The summed E-state index contributed by atoms with van der Waals surface area (Å²) in [5.41, 5.74) is 0.265. The normalized spacial score (nSPS) is 29.4. The van der Waals surface area contributed by atoms with E-state index < -0.39 is 6.29 Å². The summed E-state index contributed by atoms with van der Waals surface area (Å²) in [5, 5.41) is 10.2. The van der Waals surface area contributed by atoms with Gasteiger partial charge in [-0.05, 0) is 73.2 Å². The molecule has 0 spiro atoms. The topological polar surface area (TPSA) is 47.9 Å². The Morgan fingerprint density at radius 2 is 1.77 bits per heavy atom. The van der Waals surface area contributed by atoms with Gasteiger partial charge in [0.25, 0.3) is 0 Å². The second-order valence-corrected chi connectivity index (χ2v) is 8.52. The third kappa shape index (κ3) is 3.94. The maximum Gasteiger partial charge on any atom is 0.490 e. The molecule has 0 amide bonds. The summed E-state index contributed by atoms with van der Waals surface area (Å²) in [7, 11) is -0.258. The molecule has 1 fully saturated rings. The van der Waals surface area contributed by atoms with E-state index in [0.29, 0.717) is 0 Å². The van der Waals surface area contributed by atoms with Gasteiger partial charge in [0.1, 0.15) is 0 Å². The standard InChI is InChI=1S/C17H31BO4/c1-15(2,3)20-14(19)12-8-10-13(11-9-12)18-21-16(4,5)17(6,7)22-18/h10,12,14,19H,8-9,11H2,1-7H3. The Kier molecular flexibility index (Phi) is 4.85. The predicted molar refractivity (Wildman–Crippen MR) is 88.4 cm³/mol. The molecule has 4 nitrogen and oxygen atoms in total. The molecule has 2 rings (SSSR count). The zero-order valence-electron chi connectivity index (χ0n) is 15.1. The number of hydrogen-bond donors (Lipinski definition) is 1. The van der Waals surface area contributed by atoms with E-state index in [-0.39, 0.29) is 29.8 Å². The summed E-state index contributed by atoms with van der Waals surface area (Å²) in [4.78, 5) is 0. The van der Waals surface area contributed by atoms with Gasteiger partial charge in [0.2, 0.25) is 0 Å². The van der Waals surface area contributed by atoms with Crippen molar-refractivity contribution in [2.24, 2.45) is 5.92 Å². The third-order valence-electron chi connectivity index (χ3n) is 4.92. The molecule has 0 aromatic rings. The lowest BCUT2D eigenvalue weighted by atomic mass is 9.70.